The molecule has 1 aromatic rings. The molecule has 1 fully saturated rings. The quantitative estimate of drug-likeness (QED) is 0.800. The van der Waals surface area contributed by atoms with Crippen molar-refractivity contribution in [3.63, 3.8) is 0 Å². The first kappa shape index (κ1) is 13.9. The second kappa shape index (κ2) is 6.07. The van der Waals surface area contributed by atoms with Gasteiger partial charge in [0, 0.05) is 4.47 Å². The average Bonchev–Trinajstić information content (AvgIpc) is 2.30. The zero-order valence-corrected chi connectivity index (χ0v) is 12.8. The second-order valence-corrected chi connectivity index (χ2v) is 6.07. The molecule has 1 aromatic carbocycles. The number of nitrogens with one attached hydrogen (secondary N) is 1. The van der Waals surface area contributed by atoms with Gasteiger partial charge in [-0.15, -0.1) is 0 Å². The van der Waals surface area contributed by atoms with E-state index >= 15 is 0 Å². The van der Waals surface area contributed by atoms with Crippen LogP contribution in [0.25, 0.3) is 0 Å². The van der Waals surface area contributed by atoms with E-state index in [0.717, 1.165) is 29.7 Å². The molecule has 0 saturated heterocycles. The summed E-state index contributed by atoms with van der Waals surface area (Å²) in [5.74, 6) is 1.03. The van der Waals surface area contributed by atoms with E-state index in [9.17, 15) is 0 Å². The Morgan fingerprint density at radius 2 is 2.17 bits per heavy atom. The maximum Gasteiger partial charge on any atom is 0.124 e. The molecule has 0 atom stereocenters. The lowest BCUT2D eigenvalue weighted by Gasteiger charge is -2.42. The van der Waals surface area contributed by atoms with Crippen LogP contribution in [-0.4, -0.2) is 18.7 Å². The predicted molar refractivity (Wildman–Crippen MR) is 79.2 cm³/mol. The molecule has 0 aliphatic heterocycles. The Hall–Kier alpha value is -0.540. The van der Waals surface area contributed by atoms with Crippen LogP contribution in [0.2, 0.25) is 0 Å². The molecular weight excluding hydrogens is 290 g/mol. The van der Waals surface area contributed by atoms with Crippen LogP contribution in [0.15, 0.2) is 22.7 Å². The summed E-state index contributed by atoms with van der Waals surface area (Å²) in [7, 11) is 0. The summed E-state index contributed by atoms with van der Waals surface area (Å²) < 4.78 is 7.41. The minimum Gasteiger partial charge on any atom is -0.487 e. The van der Waals surface area contributed by atoms with Crippen molar-refractivity contribution in [3.05, 3.63) is 28.2 Å². The summed E-state index contributed by atoms with van der Waals surface area (Å²) in [5, 5.41) is 3.39. The molecule has 0 bridgehead atoms. The van der Waals surface area contributed by atoms with Crippen molar-refractivity contribution in [1.82, 2.24) is 5.32 Å². The highest BCUT2D eigenvalue weighted by Gasteiger charge is 2.39. The summed E-state index contributed by atoms with van der Waals surface area (Å²) in [6.45, 7) is 6.33. The minimum absolute atomic E-state index is 0.0771. The fourth-order valence-corrected chi connectivity index (χ4v) is 2.72. The van der Waals surface area contributed by atoms with Crippen LogP contribution >= 0.6 is 15.9 Å². The fraction of sp³-hybridized carbons (Fsp3) is 0.600. The number of rotatable bonds is 6. The van der Waals surface area contributed by atoms with E-state index < -0.39 is 0 Å². The van der Waals surface area contributed by atoms with E-state index in [1.165, 1.54) is 24.8 Å². The number of ether oxygens (including phenoxy) is 1. The van der Waals surface area contributed by atoms with Crippen LogP contribution in [0.5, 0.6) is 5.75 Å². The van der Waals surface area contributed by atoms with Gasteiger partial charge in [-0.25, -0.2) is 0 Å². The third kappa shape index (κ3) is 3.27. The molecule has 0 aromatic heterocycles. The smallest absolute Gasteiger partial charge is 0.124 e. The highest BCUT2D eigenvalue weighted by atomic mass is 79.9. The zero-order valence-electron chi connectivity index (χ0n) is 11.3. The standard InChI is InChI=1S/C15H22BrNO/c1-3-17-10-9-15(7-4-8-15)18-14-11-13(16)6-5-12(14)2/h5-6,11,17H,3-4,7-10H2,1-2H3. The van der Waals surface area contributed by atoms with Crippen LogP contribution in [0.1, 0.15) is 38.2 Å². The first-order chi connectivity index (χ1) is 8.65. The molecule has 2 rings (SSSR count). The third-order valence-corrected chi connectivity index (χ3v) is 4.24. The molecule has 0 amide bonds. The molecule has 2 nitrogen and oxygen atoms in total. The van der Waals surface area contributed by atoms with Crippen molar-refractivity contribution in [3.8, 4) is 5.75 Å². The fourth-order valence-electron chi connectivity index (χ4n) is 2.38. The van der Waals surface area contributed by atoms with Crippen LogP contribution in [-0.2, 0) is 0 Å². The Bertz CT molecular complexity index is 401. The highest BCUT2D eigenvalue weighted by molar-refractivity contribution is 9.10. The van der Waals surface area contributed by atoms with Gasteiger partial charge < -0.3 is 10.1 Å². The molecule has 18 heavy (non-hydrogen) atoms. The van der Waals surface area contributed by atoms with Crippen LogP contribution < -0.4 is 10.1 Å². The second-order valence-electron chi connectivity index (χ2n) is 5.15. The highest BCUT2D eigenvalue weighted by Crippen LogP contribution is 2.40. The van der Waals surface area contributed by atoms with E-state index in [1.54, 1.807) is 0 Å². The molecule has 0 unspecified atom stereocenters. The van der Waals surface area contributed by atoms with Crippen LogP contribution in [0.3, 0.4) is 0 Å². The molecule has 1 aliphatic rings. The van der Waals surface area contributed by atoms with Crippen molar-refractivity contribution in [2.45, 2.75) is 45.1 Å². The normalized spacial score (nSPS) is 17.3. The van der Waals surface area contributed by atoms with Crippen molar-refractivity contribution in [2.24, 2.45) is 0 Å². The Labute approximate surface area is 118 Å². The first-order valence-corrected chi connectivity index (χ1v) is 7.60. The lowest BCUT2D eigenvalue weighted by atomic mass is 9.77. The van der Waals surface area contributed by atoms with Crippen molar-refractivity contribution in [1.29, 1.82) is 0 Å². The lowest BCUT2D eigenvalue weighted by molar-refractivity contribution is -0.0147. The zero-order chi connectivity index (χ0) is 13.0. The Kier molecular flexibility index (Phi) is 4.68. The molecule has 1 saturated carbocycles. The van der Waals surface area contributed by atoms with E-state index in [-0.39, 0.29) is 5.60 Å². The lowest BCUT2D eigenvalue weighted by Crippen LogP contribution is -2.45. The van der Waals surface area contributed by atoms with Gasteiger partial charge in [0.25, 0.3) is 0 Å². The number of benzene rings is 1. The largest absolute Gasteiger partial charge is 0.487 e. The van der Waals surface area contributed by atoms with Gasteiger partial charge in [-0.1, -0.05) is 28.9 Å². The van der Waals surface area contributed by atoms with Gasteiger partial charge in [0.2, 0.25) is 0 Å². The van der Waals surface area contributed by atoms with Gasteiger partial charge >= 0.3 is 0 Å². The average molecular weight is 312 g/mol. The van der Waals surface area contributed by atoms with E-state index in [1.807, 2.05) is 0 Å². The SMILES string of the molecule is CCNCCC1(Oc2cc(Br)ccc2C)CCC1. The van der Waals surface area contributed by atoms with Gasteiger partial charge in [0.05, 0.1) is 0 Å². The molecule has 100 valence electrons. The Morgan fingerprint density at radius 1 is 1.39 bits per heavy atom. The molecule has 0 heterocycles. The molecule has 0 radical (unpaired) electrons. The van der Waals surface area contributed by atoms with Gasteiger partial charge in [-0.05, 0) is 63.4 Å². The molecule has 1 N–H and O–H groups in total. The predicted octanol–water partition coefficient (Wildman–Crippen LogP) is 4.06. The monoisotopic (exact) mass is 311 g/mol. The summed E-state index contributed by atoms with van der Waals surface area (Å²) in [5.41, 5.74) is 1.29. The molecular formula is C15H22BrNO. The first-order valence-electron chi connectivity index (χ1n) is 6.81. The topological polar surface area (TPSA) is 21.3 Å². The molecule has 3 heteroatoms. The van der Waals surface area contributed by atoms with E-state index in [0.29, 0.717) is 0 Å². The van der Waals surface area contributed by atoms with Gasteiger partial charge in [-0.2, -0.15) is 0 Å². The van der Waals surface area contributed by atoms with Crippen LogP contribution in [0, 0.1) is 6.92 Å². The molecule has 1 aliphatic carbocycles. The summed E-state index contributed by atoms with van der Waals surface area (Å²) >= 11 is 3.52. The summed E-state index contributed by atoms with van der Waals surface area (Å²) in [4.78, 5) is 0. The van der Waals surface area contributed by atoms with Gasteiger partial charge in [0.15, 0.2) is 0 Å². The number of hydrogen-bond acceptors (Lipinski definition) is 2. The van der Waals surface area contributed by atoms with Gasteiger partial charge in [0.1, 0.15) is 11.4 Å². The Morgan fingerprint density at radius 3 is 2.78 bits per heavy atom. The molecule has 0 spiro atoms. The number of aryl methyl sites for hydroxylation is 1. The Balaban J connectivity index is 2.03. The van der Waals surface area contributed by atoms with Gasteiger partial charge in [-0.3, -0.25) is 0 Å². The maximum atomic E-state index is 6.33. The number of halogens is 1. The third-order valence-electron chi connectivity index (χ3n) is 3.75. The van der Waals surface area contributed by atoms with Crippen molar-refractivity contribution in [2.75, 3.05) is 13.1 Å². The van der Waals surface area contributed by atoms with Crippen molar-refractivity contribution >= 4 is 15.9 Å². The van der Waals surface area contributed by atoms with E-state index in [4.69, 9.17) is 4.74 Å². The van der Waals surface area contributed by atoms with Crippen LogP contribution in [0.4, 0.5) is 0 Å². The maximum absolute atomic E-state index is 6.33. The minimum atomic E-state index is 0.0771. The summed E-state index contributed by atoms with van der Waals surface area (Å²) in [6.07, 6.45) is 4.76. The van der Waals surface area contributed by atoms with Crippen molar-refractivity contribution < 1.29 is 4.74 Å². The number of hydrogen-bond donors (Lipinski definition) is 1. The van der Waals surface area contributed by atoms with E-state index in [2.05, 4.69) is 53.3 Å². The summed E-state index contributed by atoms with van der Waals surface area (Å²) in [6, 6.07) is 6.26.